The van der Waals surface area contributed by atoms with Gasteiger partial charge in [-0.25, -0.2) is 0 Å². The van der Waals surface area contributed by atoms with Crippen LogP contribution in [0.4, 0.5) is 5.69 Å². The van der Waals surface area contributed by atoms with E-state index in [1.165, 1.54) is 0 Å². The first-order valence-electron chi connectivity index (χ1n) is 6.85. The van der Waals surface area contributed by atoms with Crippen molar-refractivity contribution in [2.24, 2.45) is 16.7 Å². The van der Waals surface area contributed by atoms with Gasteiger partial charge in [-0.2, -0.15) is 0 Å². The molecule has 0 aromatic heterocycles. The molecular formula is C16H23NO2. The molecule has 19 heavy (non-hydrogen) atoms. The maximum absolute atomic E-state index is 12.4. The molecule has 0 heterocycles. The van der Waals surface area contributed by atoms with Gasteiger partial charge in [0.1, 0.15) is 5.75 Å². The molecule has 0 atom stereocenters. The quantitative estimate of drug-likeness (QED) is 0.897. The molecule has 0 unspecified atom stereocenters. The minimum atomic E-state index is 0.0506. The summed E-state index contributed by atoms with van der Waals surface area (Å²) in [5.41, 5.74) is 0.864. The highest BCUT2D eigenvalue weighted by atomic mass is 16.5. The Morgan fingerprint density at radius 2 is 1.79 bits per heavy atom. The smallest absolute Gasteiger partial charge is 0.228 e. The Bertz CT molecular complexity index is 477. The van der Waals surface area contributed by atoms with Crippen LogP contribution in [0.5, 0.6) is 5.75 Å². The van der Waals surface area contributed by atoms with Gasteiger partial charge in [0.05, 0.1) is 12.3 Å². The number of para-hydroxylation sites is 2. The molecule has 0 radical (unpaired) electrons. The van der Waals surface area contributed by atoms with E-state index in [-0.39, 0.29) is 22.7 Å². The van der Waals surface area contributed by atoms with E-state index < -0.39 is 0 Å². The monoisotopic (exact) mass is 261 g/mol. The van der Waals surface area contributed by atoms with Gasteiger partial charge in [0.15, 0.2) is 0 Å². The van der Waals surface area contributed by atoms with Gasteiger partial charge in [-0.1, -0.05) is 39.8 Å². The van der Waals surface area contributed by atoms with Crippen LogP contribution in [0, 0.1) is 16.7 Å². The highest BCUT2D eigenvalue weighted by Crippen LogP contribution is 2.68. The zero-order valence-electron chi connectivity index (χ0n) is 12.4. The van der Waals surface area contributed by atoms with Crippen molar-refractivity contribution in [3.8, 4) is 5.75 Å². The molecule has 1 N–H and O–H groups in total. The third kappa shape index (κ3) is 2.22. The van der Waals surface area contributed by atoms with Crippen molar-refractivity contribution >= 4 is 11.6 Å². The average Bonchev–Trinajstić information content (AvgIpc) is 2.72. The van der Waals surface area contributed by atoms with Crippen LogP contribution < -0.4 is 10.1 Å². The summed E-state index contributed by atoms with van der Waals surface area (Å²) in [7, 11) is 0. The number of carbonyl (C=O) groups excluding carboxylic acids is 1. The molecule has 1 saturated carbocycles. The molecule has 3 nitrogen and oxygen atoms in total. The number of ether oxygens (including phenoxy) is 1. The van der Waals surface area contributed by atoms with Gasteiger partial charge in [0.25, 0.3) is 0 Å². The lowest BCUT2D eigenvalue weighted by atomic mass is 10.0. The number of rotatable bonds is 4. The van der Waals surface area contributed by atoms with Gasteiger partial charge < -0.3 is 10.1 Å². The molecule has 0 saturated heterocycles. The number of anilines is 1. The van der Waals surface area contributed by atoms with Crippen LogP contribution in [0.15, 0.2) is 24.3 Å². The molecule has 0 bridgehead atoms. The molecule has 0 spiro atoms. The largest absolute Gasteiger partial charge is 0.492 e. The molecule has 1 aliphatic rings. The Kier molecular flexibility index (Phi) is 3.33. The Labute approximate surface area is 115 Å². The summed E-state index contributed by atoms with van der Waals surface area (Å²) in [4.78, 5) is 12.4. The first-order chi connectivity index (χ1) is 8.82. The van der Waals surface area contributed by atoms with E-state index in [1.807, 2.05) is 31.2 Å². The zero-order valence-corrected chi connectivity index (χ0v) is 12.4. The Morgan fingerprint density at radius 1 is 1.21 bits per heavy atom. The van der Waals surface area contributed by atoms with E-state index in [4.69, 9.17) is 4.74 Å². The topological polar surface area (TPSA) is 38.3 Å². The number of nitrogens with one attached hydrogen (secondary N) is 1. The second kappa shape index (κ2) is 4.55. The molecule has 1 aliphatic carbocycles. The fraction of sp³-hybridized carbons (Fsp3) is 0.562. The van der Waals surface area contributed by atoms with Gasteiger partial charge in [0, 0.05) is 5.92 Å². The summed E-state index contributed by atoms with van der Waals surface area (Å²) in [5, 5.41) is 3.00. The molecule has 104 valence electrons. The average molecular weight is 261 g/mol. The van der Waals surface area contributed by atoms with Gasteiger partial charge >= 0.3 is 0 Å². The molecule has 3 heteroatoms. The third-order valence-electron chi connectivity index (χ3n) is 4.73. The highest BCUT2D eigenvalue weighted by Gasteiger charge is 2.68. The second-order valence-corrected chi connectivity index (χ2v) is 6.29. The predicted molar refractivity (Wildman–Crippen MR) is 77.3 cm³/mol. The summed E-state index contributed by atoms with van der Waals surface area (Å²) in [6, 6.07) is 7.57. The van der Waals surface area contributed by atoms with Gasteiger partial charge in [-0.3, -0.25) is 4.79 Å². The number of hydrogen-bond donors (Lipinski definition) is 1. The normalized spacial score (nSPS) is 19.8. The van der Waals surface area contributed by atoms with E-state index in [1.54, 1.807) is 0 Å². The lowest BCUT2D eigenvalue weighted by Crippen LogP contribution is -2.18. The molecule has 1 aromatic carbocycles. The molecular weight excluding hydrogens is 238 g/mol. The SMILES string of the molecule is CCOc1ccccc1NC(=O)C1C(C)(C)C1(C)C. The van der Waals surface area contributed by atoms with E-state index in [9.17, 15) is 4.79 Å². The predicted octanol–water partition coefficient (Wildman–Crippen LogP) is 3.71. The minimum absolute atomic E-state index is 0.0506. The summed E-state index contributed by atoms with van der Waals surface area (Å²) in [6.07, 6.45) is 0. The van der Waals surface area contributed by atoms with E-state index in [0.29, 0.717) is 6.61 Å². The Morgan fingerprint density at radius 3 is 2.32 bits per heavy atom. The molecule has 1 aromatic rings. The molecule has 0 aliphatic heterocycles. The lowest BCUT2D eigenvalue weighted by molar-refractivity contribution is -0.118. The van der Waals surface area contributed by atoms with Crippen molar-refractivity contribution in [1.29, 1.82) is 0 Å². The van der Waals surface area contributed by atoms with E-state index in [0.717, 1.165) is 11.4 Å². The first-order valence-corrected chi connectivity index (χ1v) is 6.85. The fourth-order valence-corrected chi connectivity index (χ4v) is 2.91. The number of hydrogen-bond acceptors (Lipinski definition) is 2. The summed E-state index contributed by atoms with van der Waals surface area (Å²) in [5.74, 6) is 0.867. The number of benzene rings is 1. The molecule has 2 rings (SSSR count). The second-order valence-electron chi connectivity index (χ2n) is 6.29. The van der Waals surface area contributed by atoms with Crippen molar-refractivity contribution in [3.63, 3.8) is 0 Å². The van der Waals surface area contributed by atoms with Crippen LogP contribution in [0.1, 0.15) is 34.6 Å². The zero-order chi connectivity index (χ0) is 14.3. The maximum Gasteiger partial charge on any atom is 0.228 e. The first kappa shape index (κ1) is 13.9. The van der Waals surface area contributed by atoms with Crippen molar-refractivity contribution in [1.82, 2.24) is 0 Å². The van der Waals surface area contributed by atoms with Crippen LogP contribution in [-0.2, 0) is 4.79 Å². The number of amides is 1. The van der Waals surface area contributed by atoms with Gasteiger partial charge in [-0.05, 0) is 29.9 Å². The van der Waals surface area contributed by atoms with E-state index in [2.05, 4.69) is 33.0 Å². The summed E-state index contributed by atoms with van der Waals surface area (Å²) < 4.78 is 5.53. The lowest BCUT2D eigenvalue weighted by Gasteiger charge is -2.11. The van der Waals surface area contributed by atoms with Crippen LogP contribution in [0.2, 0.25) is 0 Å². The summed E-state index contributed by atoms with van der Waals surface area (Å²) in [6.45, 7) is 11.1. The maximum atomic E-state index is 12.4. The van der Waals surface area contributed by atoms with Gasteiger partial charge in [-0.15, -0.1) is 0 Å². The Balaban J connectivity index is 2.13. The fourth-order valence-electron chi connectivity index (χ4n) is 2.91. The standard InChI is InChI=1S/C16H23NO2/c1-6-19-12-10-8-7-9-11(12)17-14(18)13-15(2,3)16(13,4)5/h7-10,13H,6H2,1-5H3,(H,17,18). The van der Waals surface area contributed by atoms with Crippen molar-refractivity contribution < 1.29 is 9.53 Å². The number of carbonyl (C=O) groups is 1. The van der Waals surface area contributed by atoms with Crippen LogP contribution in [0.25, 0.3) is 0 Å². The third-order valence-corrected chi connectivity index (χ3v) is 4.73. The van der Waals surface area contributed by atoms with Gasteiger partial charge in [0.2, 0.25) is 5.91 Å². The van der Waals surface area contributed by atoms with Crippen molar-refractivity contribution in [3.05, 3.63) is 24.3 Å². The summed E-state index contributed by atoms with van der Waals surface area (Å²) >= 11 is 0. The van der Waals surface area contributed by atoms with Crippen LogP contribution in [-0.4, -0.2) is 12.5 Å². The van der Waals surface area contributed by atoms with E-state index >= 15 is 0 Å². The minimum Gasteiger partial charge on any atom is -0.492 e. The van der Waals surface area contributed by atoms with Crippen LogP contribution in [0.3, 0.4) is 0 Å². The molecule has 1 fully saturated rings. The highest BCUT2D eigenvalue weighted by molar-refractivity contribution is 5.97. The van der Waals surface area contributed by atoms with Crippen molar-refractivity contribution in [2.45, 2.75) is 34.6 Å². The molecule has 1 amide bonds. The van der Waals surface area contributed by atoms with Crippen molar-refractivity contribution in [2.75, 3.05) is 11.9 Å². The Hall–Kier alpha value is -1.51. The van der Waals surface area contributed by atoms with Crippen LogP contribution >= 0.6 is 0 Å².